The van der Waals surface area contributed by atoms with E-state index in [9.17, 15) is 5.26 Å². The Balaban J connectivity index is 2.30. The average Bonchev–Trinajstić information content (AvgIpc) is 3.22. The van der Waals surface area contributed by atoms with Gasteiger partial charge in [0.2, 0.25) is 0 Å². The molecule has 0 spiro atoms. The molecular weight excluding hydrogens is 232 g/mol. The Kier molecular flexibility index (Phi) is 4.37. The summed E-state index contributed by atoms with van der Waals surface area (Å²) in [6.45, 7) is 6.29. The first kappa shape index (κ1) is 13.8. The monoisotopic (exact) mass is 254 g/mol. The predicted octanol–water partition coefficient (Wildman–Crippen LogP) is 5.03. The standard InChI is InChI=1S/C17H22N2/c1-4-5-6-12(2)19-17-10-9-15(14-7-8-14)16(11-18)13(17)3/h9-10,14H,4-8H2,1-3H3. The lowest BCUT2D eigenvalue weighted by atomic mass is 9.98. The molecule has 100 valence electrons. The van der Waals surface area contributed by atoms with Crippen molar-refractivity contribution in [3.63, 3.8) is 0 Å². The van der Waals surface area contributed by atoms with E-state index in [0.29, 0.717) is 5.92 Å². The quantitative estimate of drug-likeness (QED) is 0.679. The molecule has 1 fully saturated rings. The van der Waals surface area contributed by atoms with Crippen molar-refractivity contribution in [2.24, 2.45) is 4.99 Å². The summed E-state index contributed by atoms with van der Waals surface area (Å²) in [7, 11) is 0. The van der Waals surface area contributed by atoms with Crippen molar-refractivity contribution >= 4 is 11.4 Å². The van der Waals surface area contributed by atoms with Crippen LogP contribution in [0.25, 0.3) is 0 Å². The number of hydrogen-bond donors (Lipinski definition) is 0. The predicted molar refractivity (Wildman–Crippen MR) is 80.2 cm³/mol. The first-order valence-corrected chi connectivity index (χ1v) is 7.25. The van der Waals surface area contributed by atoms with E-state index in [4.69, 9.17) is 4.99 Å². The Morgan fingerprint density at radius 3 is 2.74 bits per heavy atom. The van der Waals surface area contributed by atoms with E-state index < -0.39 is 0 Å². The van der Waals surface area contributed by atoms with Crippen LogP contribution in [0, 0.1) is 18.3 Å². The van der Waals surface area contributed by atoms with E-state index in [0.717, 1.165) is 28.9 Å². The lowest BCUT2D eigenvalue weighted by molar-refractivity contribution is 0.833. The molecule has 1 saturated carbocycles. The fraction of sp³-hybridized carbons (Fsp3) is 0.529. The van der Waals surface area contributed by atoms with Gasteiger partial charge in [-0.2, -0.15) is 5.26 Å². The molecule has 0 N–H and O–H groups in total. The average molecular weight is 254 g/mol. The van der Waals surface area contributed by atoms with Crippen LogP contribution in [0.5, 0.6) is 0 Å². The van der Waals surface area contributed by atoms with Gasteiger partial charge in [-0.15, -0.1) is 0 Å². The van der Waals surface area contributed by atoms with Gasteiger partial charge in [0.05, 0.1) is 17.3 Å². The van der Waals surface area contributed by atoms with Gasteiger partial charge in [0.1, 0.15) is 0 Å². The Labute approximate surface area is 116 Å². The van der Waals surface area contributed by atoms with E-state index >= 15 is 0 Å². The van der Waals surface area contributed by atoms with Crippen molar-refractivity contribution in [2.75, 3.05) is 0 Å². The lowest BCUT2D eigenvalue weighted by Crippen LogP contribution is -1.94. The van der Waals surface area contributed by atoms with E-state index in [2.05, 4.69) is 32.0 Å². The van der Waals surface area contributed by atoms with Crippen molar-refractivity contribution in [3.05, 3.63) is 28.8 Å². The second-order valence-electron chi connectivity index (χ2n) is 5.51. The van der Waals surface area contributed by atoms with Gasteiger partial charge in [0.15, 0.2) is 0 Å². The van der Waals surface area contributed by atoms with Crippen LogP contribution in [0.1, 0.15) is 68.6 Å². The Morgan fingerprint density at radius 2 is 2.16 bits per heavy atom. The summed E-state index contributed by atoms with van der Waals surface area (Å²) in [6.07, 6.45) is 5.87. The van der Waals surface area contributed by atoms with Gasteiger partial charge in [-0.3, -0.25) is 4.99 Å². The summed E-state index contributed by atoms with van der Waals surface area (Å²) in [5, 5.41) is 9.38. The number of hydrogen-bond acceptors (Lipinski definition) is 2. The van der Waals surface area contributed by atoms with Gasteiger partial charge < -0.3 is 0 Å². The van der Waals surface area contributed by atoms with Gasteiger partial charge in [0, 0.05) is 5.71 Å². The smallest absolute Gasteiger partial charge is 0.0998 e. The zero-order chi connectivity index (χ0) is 13.8. The van der Waals surface area contributed by atoms with Crippen LogP contribution in [0.3, 0.4) is 0 Å². The molecule has 2 rings (SSSR count). The Hall–Kier alpha value is -1.62. The summed E-state index contributed by atoms with van der Waals surface area (Å²) in [5.41, 5.74) is 5.25. The zero-order valence-corrected chi connectivity index (χ0v) is 12.2. The topological polar surface area (TPSA) is 36.1 Å². The van der Waals surface area contributed by atoms with Crippen molar-refractivity contribution in [3.8, 4) is 6.07 Å². The first-order chi connectivity index (χ1) is 9.17. The molecule has 0 atom stereocenters. The fourth-order valence-electron chi connectivity index (χ4n) is 2.42. The maximum atomic E-state index is 9.38. The second kappa shape index (κ2) is 6.02. The zero-order valence-electron chi connectivity index (χ0n) is 12.2. The number of nitriles is 1. The van der Waals surface area contributed by atoms with Crippen LogP contribution in [-0.4, -0.2) is 5.71 Å². The van der Waals surface area contributed by atoms with E-state index in [1.165, 1.54) is 31.2 Å². The molecule has 1 aromatic carbocycles. The van der Waals surface area contributed by atoms with Crippen LogP contribution < -0.4 is 0 Å². The van der Waals surface area contributed by atoms with Crippen LogP contribution in [0.15, 0.2) is 17.1 Å². The van der Waals surface area contributed by atoms with Gasteiger partial charge in [-0.1, -0.05) is 19.4 Å². The van der Waals surface area contributed by atoms with E-state index in [1.54, 1.807) is 0 Å². The molecule has 19 heavy (non-hydrogen) atoms. The van der Waals surface area contributed by atoms with Crippen LogP contribution in [-0.2, 0) is 0 Å². The maximum absolute atomic E-state index is 9.38. The fourth-order valence-corrected chi connectivity index (χ4v) is 2.42. The van der Waals surface area contributed by atoms with Crippen molar-refractivity contribution < 1.29 is 0 Å². The minimum absolute atomic E-state index is 0.618. The van der Waals surface area contributed by atoms with Gasteiger partial charge in [0.25, 0.3) is 0 Å². The summed E-state index contributed by atoms with van der Waals surface area (Å²) < 4.78 is 0. The van der Waals surface area contributed by atoms with Crippen LogP contribution in [0.2, 0.25) is 0 Å². The summed E-state index contributed by atoms with van der Waals surface area (Å²) >= 11 is 0. The molecular formula is C17H22N2. The molecule has 0 unspecified atom stereocenters. The lowest BCUT2D eigenvalue weighted by Gasteiger charge is -2.09. The number of rotatable bonds is 5. The Bertz CT molecular complexity index is 531. The maximum Gasteiger partial charge on any atom is 0.0998 e. The number of unbranched alkanes of at least 4 members (excludes halogenated alkanes) is 1. The highest BCUT2D eigenvalue weighted by Gasteiger charge is 2.27. The van der Waals surface area contributed by atoms with Crippen LogP contribution in [0.4, 0.5) is 5.69 Å². The second-order valence-corrected chi connectivity index (χ2v) is 5.51. The highest BCUT2D eigenvalue weighted by Crippen LogP contribution is 2.43. The normalized spacial score (nSPS) is 15.4. The van der Waals surface area contributed by atoms with Crippen molar-refractivity contribution in [1.29, 1.82) is 5.26 Å². The summed E-state index contributed by atoms with van der Waals surface area (Å²) in [4.78, 5) is 4.69. The molecule has 1 aromatic rings. The molecule has 0 heterocycles. The van der Waals surface area contributed by atoms with E-state index in [1.807, 2.05) is 6.92 Å². The number of nitrogens with zero attached hydrogens (tertiary/aromatic N) is 2. The summed E-state index contributed by atoms with van der Waals surface area (Å²) in [6, 6.07) is 6.56. The SMILES string of the molecule is CCCCC(C)=Nc1ccc(C2CC2)c(C#N)c1C. The van der Waals surface area contributed by atoms with Gasteiger partial charge in [-0.25, -0.2) is 0 Å². The molecule has 2 heteroatoms. The van der Waals surface area contributed by atoms with Crippen molar-refractivity contribution in [2.45, 2.75) is 58.8 Å². The third kappa shape index (κ3) is 3.23. The third-order valence-electron chi connectivity index (χ3n) is 3.80. The Morgan fingerprint density at radius 1 is 1.42 bits per heavy atom. The molecule has 1 aliphatic carbocycles. The largest absolute Gasteiger partial charge is 0.258 e. The number of benzene rings is 1. The molecule has 0 aromatic heterocycles. The number of aliphatic imine (C=N–C) groups is 1. The molecule has 0 saturated heterocycles. The van der Waals surface area contributed by atoms with Crippen molar-refractivity contribution in [1.82, 2.24) is 0 Å². The highest BCUT2D eigenvalue weighted by atomic mass is 14.7. The minimum Gasteiger partial charge on any atom is -0.258 e. The molecule has 0 radical (unpaired) electrons. The first-order valence-electron chi connectivity index (χ1n) is 7.25. The molecule has 0 aliphatic heterocycles. The molecule has 0 amide bonds. The highest BCUT2D eigenvalue weighted by molar-refractivity contribution is 5.85. The molecule has 0 bridgehead atoms. The minimum atomic E-state index is 0.618. The molecule has 1 aliphatic rings. The van der Waals surface area contributed by atoms with E-state index in [-0.39, 0.29) is 0 Å². The van der Waals surface area contributed by atoms with Gasteiger partial charge in [-0.05, 0) is 62.6 Å². The molecule has 2 nitrogen and oxygen atoms in total. The van der Waals surface area contributed by atoms with Gasteiger partial charge >= 0.3 is 0 Å². The third-order valence-corrected chi connectivity index (χ3v) is 3.80. The summed E-state index contributed by atoms with van der Waals surface area (Å²) in [5.74, 6) is 0.618. The van der Waals surface area contributed by atoms with Crippen LogP contribution >= 0.6 is 0 Å².